The summed E-state index contributed by atoms with van der Waals surface area (Å²) in [6.07, 6.45) is 0. The molecule has 4 nitrogen and oxygen atoms in total. The standard InChI is InChI=1S/C9H14N2O2/c1-6-4-7(5-11(2)3)10-9(13)8(6)12/h4,12H,5H2,1-3H3,(H,10,13). The second kappa shape index (κ2) is 3.62. The number of aryl methyl sites for hydroxylation is 1. The second-order valence-corrected chi connectivity index (χ2v) is 3.39. The van der Waals surface area contributed by atoms with E-state index in [4.69, 9.17) is 0 Å². The Balaban J connectivity index is 3.06. The third-order valence-corrected chi connectivity index (χ3v) is 1.74. The van der Waals surface area contributed by atoms with E-state index < -0.39 is 5.56 Å². The van der Waals surface area contributed by atoms with Gasteiger partial charge in [-0.1, -0.05) is 0 Å². The lowest BCUT2D eigenvalue weighted by Crippen LogP contribution is -2.16. The molecule has 2 N–H and O–H groups in total. The number of hydrogen-bond acceptors (Lipinski definition) is 3. The Morgan fingerprint density at radius 3 is 2.62 bits per heavy atom. The van der Waals surface area contributed by atoms with Gasteiger partial charge in [-0.15, -0.1) is 0 Å². The van der Waals surface area contributed by atoms with Crippen molar-refractivity contribution in [1.29, 1.82) is 0 Å². The molecule has 0 amide bonds. The number of hydrogen-bond donors (Lipinski definition) is 2. The number of aromatic nitrogens is 1. The Hall–Kier alpha value is -1.29. The largest absolute Gasteiger partial charge is 0.503 e. The van der Waals surface area contributed by atoms with E-state index in [0.29, 0.717) is 12.1 Å². The van der Waals surface area contributed by atoms with E-state index in [2.05, 4.69) is 4.98 Å². The van der Waals surface area contributed by atoms with Crippen LogP contribution in [-0.2, 0) is 6.54 Å². The highest BCUT2D eigenvalue weighted by atomic mass is 16.3. The minimum absolute atomic E-state index is 0.192. The molecule has 1 aromatic rings. The number of H-pyrrole nitrogens is 1. The number of aromatic hydroxyl groups is 1. The summed E-state index contributed by atoms with van der Waals surface area (Å²) in [7, 11) is 3.83. The molecule has 72 valence electrons. The van der Waals surface area contributed by atoms with Crippen LogP contribution in [0.25, 0.3) is 0 Å². The van der Waals surface area contributed by atoms with Crippen molar-refractivity contribution in [2.75, 3.05) is 14.1 Å². The molecule has 0 unspecified atom stereocenters. The molecule has 0 saturated carbocycles. The number of nitrogens with zero attached hydrogens (tertiary/aromatic N) is 1. The average Bonchev–Trinajstić information content (AvgIpc) is 1.98. The van der Waals surface area contributed by atoms with Gasteiger partial charge < -0.3 is 15.0 Å². The zero-order chi connectivity index (χ0) is 10.0. The molecule has 0 aromatic carbocycles. The molecular weight excluding hydrogens is 168 g/mol. The fourth-order valence-corrected chi connectivity index (χ4v) is 1.18. The van der Waals surface area contributed by atoms with E-state index in [1.165, 1.54) is 0 Å². The van der Waals surface area contributed by atoms with Crippen molar-refractivity contribution in [3.05, 3.63) is 27.7 Å². The molecular formula is C9H14N2O2. The number of pyridine rings is 1. The maximum absolute atomic E-state index is 11.1. The van der Waals surface area contributed by atoms with Crippen LogP contribution in [0.5, 0.6) is 5.75 Å². The Bertz CT molecular complexity index is 355. The molecule has 0 bridgehead atoms. The van der Waals surface area contributed by atoms with Gasteiger partial charge in [0.2, 0.25) is 0 Å². The van der Waals surface area contributed by atoms with Gasteiger partial charge in [0.15, 0.2) is 5.75 Å². The minimum atomic E-state index is -0.420. The van der Waals surface area contributed by atoms with Crippen LogP contribution in [0.3, 0.4) is 0 Å². The van der Waals surface area contributed by atoms with Crippen LogP contribution in [0.15, 0.2) is 10.9 Å². The maximum Gasteiger partial charge on any atom is 0.290 e. The topological polar surface area (TPSA) is 56.3 Å². The summed E-state index contributed by atoms with van der Waals surface area (Å²) in [5.41, 5.74) is 1.00. The van der Waals surface area contributed by atoms with Crippen LogP contribution >= 0.6 is 0 Å². The molecule has 0 spiro atoms. The molecule has 0 aliphatic rings. The van der Waals surface area contributed by atoms with Crippen molar-refractivity contribution >= 4 is 0 Å². The first-order chi connectivity index (χ1) is 6.00. The molecule has 4 heteroatoms. The van der Waals surface area contributed by atoms with Gasteiger partial charge in [0.25, 0.3) is 5.56 Å². The first kappa shape index (κ1) is 9.80. The lowest BCUT2D eigenvalue weighted by molar-refractivity contribution is 0.394. The summed E-state index contributed by atoms with van der Waals surface area (Å²) in [4.78, 5) is 15.7. The molecule has 1 aromatic heterocycles. The molecule has 0 aliphatic heterocycles. The molecule has 0 radical (unpaired) electrons. The molecule has 13 heavy (non-hydrogen) atoms. The van der Waals surface area contributed by atoms with Gasteiger partial charge in [-0.25, -0.2) is 0 Å². The van der Waals surface area contributed by atoms with Crippen molar-refractivity contribution < 1.29 is 5.11 Å². The fraction of sp³-hybridized carbons (Fsp3) is 0.444. The normalized spacial score (nSPS) is 10.8. The van der Waals surface area contributed by atoms with Crippen molar-refractivity contribution in [2.24, 2.45) is 0 Å². The fourth-order valence-electron chi connectivity index (χ4n) is 1.18. The highest BCUT2D eigenvalue weighted by molar-refractivity contribution is 5.29. The summed E-state index contributed by atoms with van der Waals surface area (Å²) in [6, 6.07) is 1.77. The van der Waals surface area contributed by atoms with Gasteiger partial charge in [0.1, 0.15) is 0 Å². The van der Waals surface area contributed by atoms with E-state index >= 15 is 0 Å². The third-order valence-electron chi connectivity index (χ3n) is 1.74. The Labute approximate surface area is 76.8 Å². The highest BCUT2D eigenvalue weighted by Gasteiger charge is 2.04. The molecule has 0 aliphatic carbocycles. The quantitative estimate of drug-likeness (QED) is 0.698. The first-order valence-corrected chi connectivity index (χ1v) is 4.07. The lowest BCUT2D eigenvalue weighted by atomic mass is 10.2. The number of nitrogens with one attached hydrogen (secondary N) is 1. The maximum atomic E-state index is 11.1. The van der Waals surface area contributed by atoms with E-state index in [9.17, 15) is 9.90 Å². The van der Waals surface area contributed by atoms with Crippen molar-refractivity contribution in [3.8, 4) is 5.75 Å². The van der Waals surface area contributed by atoms with E-state index in [-0.39, 0.29) is 5.75 Å². The summed E-state index contributed by atoms with van der Waals surface area (Å²) >= 11 is 0. The predicted octanol–water partition coefficient (Wildman–Crippen LogP) is 0.451. The minimum Gasteiger partial charge on any atom is -0.503 e. The first-order valence-electron chi connectivity index (χ1n) is 4.07. The van der Waals surface area contributed by atoms with Crippen LogP contribution < -0.4 is 5.56 Å². The SMILES string of the molecule is Cc1cc(CN(C)C)[nH]c(=O)c1O. The summed E-state index contributed by atoms with van der Waals surface area (Å²) in [5, 5.41) is 9.21. The zero-order valence-corrected chi connectivity index (χ0v) is 8.09. The average molecular weight is 182 g/mol. The van der Waals surface area contributed by atoms with Crippen molar-refractivity contribution in [1.82, 2.24) is 9.88 Å². The Kier molecular flexibility index (Phi) is 2.72. The summed E-state index contributed by atoms with van der Waals surface area (Å²) in [5.74, 6) is -0.192. The van der Waals surface area contributed by atoms with Crippen LogP contribution in [-0.4, -0.2) is 29.1 Å². The molecule has 0 atom stereocenters. The van der Waals surface area contributed by atoms with Gasteiger partial charge in [0.05, 0.1) is 0 Å². The molecule has 0 fully saturated rings. The molecule has 1 heterocycles. The van der Waals surface area contributed by atoms with Gasteiger partial charge in [0, 0.05) is 12.2 Å². The van der Waals surface area contributed by atoms with Gasteiger partial charge >= 0.3 is 0 Å². The van der Waals surface area contributed by atoms with Crippen molar-refractivity contribution in [2.45, 2.75) is 13.5 Å². The second-order valence-electron chi connectivity index (χ2n) is 3.39. The van der Waals surface area contributed by atoms with Crippen LogP contribution in [0.1, 0.15) is 11.3 Å². The van der Waals surface area contributed by atoms with E-state index in [0.717, 1.165) is 5.69 Å². The van der Waals surface area contributed by atoms with E-state index in [1.807, 2.05) is 19.0 Å². The van der Waals surface area contributed by atoms with Gasteiger partial charge in [-0.05, 0) is 32.6 Å². The Morgan fingerprint density at radius 2 is 2.15 bits per heavy atom. The highest BCUT2D eigenvalue weighted by Crippen LogP contribution is 2.09. The summed E-state index contributed by atoms with van der Waals surface area (Å²) < 4.78 is 0. The summed E-state index contributed by atoms with van der Waals surface area (Å²) in [6.45, 7) is 2.38. The monoisotopic (exact) mass is 182 g/mol. The van der Waals surface area contributed by atoms with Gasteiger partial charge in [-0.2, -0.15) is 0 Å². The lowest BCUT2D eigenvalue weighted by Gasteiger charge is -2.09. The third kappa shape index (κ3) is 2.32. The number of rotatable bonds is 2. The van der Waals surface area contributed by atoms with Crippen LogP contribution in [0.4, 0.5) is 0 Å². The van der Waals surface area contributed by atoms with Crippen LogP contribution in [0, 0.1) is 6.92 Å². The predicted molar refractivity (Wildman–Crippen MR) is 50.9 cm³/mol. The number of aromatic amines is 1. The zero-order valence-electron chi connectivity index (χ0n) is 8.09. The Morgan fingerprint density at radius 1 is 1.54 bits per heavy atom. The smallest absolute Gasteiger partial charge is 0.290 e. The molecule has 1 rings (SSSR count). The van der Waals surface area contributed by atoms with Crippen molar-refractivity contribution in [3.63, 3.8) is 0 Å². The van der Waals surface area contributed by atoms with Crippen LogP contribution in [0.2, 0.25) is 0 Å². The van der Waals surface area contributed by atoms with Gasteiger partial charge in [-0.3, -0.25) is 4.79 Å². The molecule has 0 saturated heterocycles. The van der Waals surface area contributed by atoms with E-state index in [1.54, 1.807) is 13.0 Å².